The van der Waals surface area contributed by atoms with Crippen molar-refractivity contribution in [2.45, 2.75) is 17.1 Å². The normalized spacial score (nSPS) is 17.5. The van der Waals surface area contributed by atoms with Crippen LogP contribution in [0.25, 0.3) is 10.2 Å². The first-order valence-corrected chi connectivity index (χ1v) is 14.0. The van der Waals surface area contributed by atoms with E-state index in [2.05, 4.69) is 4.98 Å². The molecule has 1 atom stereocenters. The van der Waals surface area contributed by atoms with E-state index in [1.807, 2.05) is 19.0 Å². The van der Waals surface area contributed by atoms with Crippen molar-refractivity contribution in [3.8, 4) is 0 Å². The number of nitrogens with zero attached hydrogens (tertiary/aromatic N) is 4. The van der Waals surface area contributed by atoms with E-state index in [9.17, 15) is 22.0 Å². The van der Waals surface area contributed by atoms with Gasteiger partial charge in [-0.2, -0.15) is 4.31 Å². The summed E-state index contributed by atoms with van der Waals surface area (Å²) in [5, 5.41) is 0.261. The number of halogens is 3. The Labute approximate surface area is 209 Å². The van der Waals surface area contributed by atoms with Gasteiger partial charge >= 0.3 is 0 Å². The Bertz CT molecular complexity index is 1310. The Morgan fingerprint density at radius 2 is 2.00 bits per heavy atom. The topological polar surface area (TPSA) is 73.8 Å². The SMILES string of the molecule is CN(C)CCN(C(=O)C1CCCN(S(=O)(=O)c2ccc(Cl)s2)C1)c1nc2c(F)cc(F)cc2s1. The third-order valence-electron chi connectivity index (χ3n) is 5.55. The first-order chi connectivity index (χ1) is 16.1. The lowest BCUT2D eigenvalue weighted by atomic mass is 9.98. The van der Waals surface area contributed by atoms with Gasteiger partial charge in [0.25, 0.3) is 10.0 Å². The molecule has 34 heavy (non-hydrogen) atoms. The van der Waals surface area contributed by atoms with Crippen LogP contribution in [-0.4, -0.2) is 68.8 Å². The molecule has 4 rings (SSSR count). The molecule has 0 aliphatic carbocycles. The average molecular weight is 549 g/mol. The van der Waals surface area contributed by atoms with Gasteiger partial charge < -0.3 is 4.90 Å². The number of amides is 1. The highest BCUT2D eigenvalue weighted by Gasteiger charge is 2.36. The Hall–Kier alpha value is -1.70. The van der Waals surface area contributed by atoms with E-state index in [1.54, 1.807) is 0 Å². The molecule has 13 heteroatoms. The Balaban J connectivity index is 1.62. The first-order valence-electron chi connectivity index (χ1n) is 10.5. The molecule has 1 fully saturated rings. The van der Waals surface area contributed by atoms with Crippen LogP contribution in [0, 0.1) is 17.6 Å². The third-order valence-corrected chi connectivity index (χ3v) is 10.1. The van der Waals surface area contributed by atoms with Gasteiger partial charge in [0.15, 0.2) is 10.9 Å². The monoisotopic (exact) mass is 548 g/mol. The average Bonchev–Trinajstić information content (AvgIpc) is 3.40. The van der Waals surface area contributed by atoms with Gasteiger partial charge in [0, 0.05) is 32.2 Å². The lowest BCUT2D eigenvalue weighted by Crippen LogP contribution is -2.48. The van der Waals surface area contributed by atoms with E-state index in [-0.39, 0.29) is 33.9 Å². The van der Waals surface area contributed by atoms with Crippen LogP contribution in [0.2, 0.25) is 4.34 Å². The minimum Gasteiger partial charge on any atom is -0.308 e. The number of likely N-dealkylation sites (N-methyl/N-ethyl adjacent to an activating group) is 1. The van der Waals surface area contributed by atoms with E-state index >= 15 is 0 Å². The van der Waals surface area contributed by atoms with Crippen molar-refractivity contribution < 1.29 is 22.0 Å². The van der Waals surface area contributed by atoms with Gasteiger partial charge in [0.05, 0.1) is 15.0 Å². The molecule has 7 nitrogen and oxygen atoms in total. The van der Waals surface area contributed by atoms with E-state index in [0.717, 1.165) is 28.7 Å². The van der Waals surface area contributed by atoms with Crippen molar-refractivity contribution in [2.24, 2.45) is 5.92 Å². The Morgan fingerprint density at radius 3 is 2.68 bits per heavy atom. The molecule has 1 amide bonds. The summed E-state index contributed by atoms with van der Waals surface area (Å²) in [5.74, 6) is -2.38. The summed E-state index contributed by atoms with van der Waals surface area (Å²) >= 11 is 7.94. The van der Waals surface area contributed by atoms with Crippen LogP contribution in [0.5, 0.6) is 0 Å². The summed E-state index contributed by atoms with van der Waals surface area (Å²) in [6.45, 7) is 1.13. The fourth-order valence-electron chi connectivity index (χ4n) is 3.81. The van der Waals surface area contributed by atoms with Gasteiger partial charge in [-0.25, -0.2) is 22.2 Å². The molecule has 0 bridgehead atoms. The first kappa shape index (κ1) is 25.4. The maximum absolute atomic E-state index is 14.2. The number of thiazole rings is 1. The van der Waals surface area contributed by atoms with Crippen molar-refractivity contribution in [3.63, 3.8) is 0 Å². The molecule has 1 aliphatic rings. The summed E-state index contributed by atoms with van der Waals surface area (Å²) in [4.78, 5) is 21.3. The van der Waals surface area contributed by atoms with Crippen LogP contribution < -0.4 is 4.90 Å². The molecule has 0 saturated carbocycles. The number of anilines is 1. The Kier molecular flexibility index (Phi) is 7.56. The van der Waals surface area contributed by atoms with Crippen molar-refractivity contribution in [2.75, 3.05) is 45.2 Å². The van der Waals surface area contributed by atoms with Gasteiger partial charge in [-0.3, -0.25) is 9.69 Å². The van der Waals surface area contributed by atoms with Crippen LogP contribution in [0.1, 0.15) is 12.8 Å². The van der Waals surface area contributed by atoms with Crippen molar-refractivity contribution in [1.29, 1.82) is 0 Å². The smallest absolute Gasteiger partial charge is 0.252 e. The molecule has 0 N–H and O–H groups in total. The molecule has 1 unspecified atom stereocenters. The predicted molar refractivity (Wildman–Crippen MR) is 131 cm³/mol. The van der Waals surface area contributed by atoms with Gasteiger partial charge in [0.1, 0.15) is 15.5 Å². The Morgan fingerprint density at radius 1 is 1.24 bits per heavy atom. The van der Waals surface area contributed by atoms with E-state index in [0.29, 0.717) is 35.0 Å². The molecule has 1 aliphatic heterocycles. The van der Waals surface area contributed by atoms with Crippen molar-refractivity contribution in [3.05, 3.63) is 40.2 Å². The molecule has 3 heterocycles. The van der Waals surface area contributed by atoms with E-state index in [1.165, 1.54) is 27.4 Å². The highest BCUT2D eigenvalue weighted by molar-refractivity contribution is 7.91. The summed E-state index contributed by atoms with van der Waals surface area (Å²) < 4.78 is 56.2. The number of rotatable bonds is 7. The number of benzene rings is 1. The van der Waals surface area contributed by atoms with Gasteiger partial charge in [-0.15, -0.1) is 11.3 Å². The summed E-state index contributed by atoms with van der Waals surface area (Å²) in [6.07, 6.45) is 1.04. The van der Waals surface area contributed by atoms with Crippen molar-refractivity contribution >= 4 is 65.6 Å². The highest BCUT2D eigenvalue weighted by Crippen LogP contribution is 2.34. The molecular weight excluding hydrogens is 526 g/mol. The second-order valence-electron chi connectivity index (χ2n) is 8.28. The zero-order valence-electron chi connectivity index (χ0n) is 18.5. The zero-order valence-corrected chi connectivity index (χ0v) is 21.7. The molecule has 0 spiro atoms. The molecule has 3 aromatic rings. The molecule has 184 valence electrons. The molecular formula is C21H23ClF2N4O3S3. The second kappa shape index (κ2) is 10.1. The van der Waals surface area contributed by atoms with Gasteiger partial charge in [-0.05, 0) is 45.1 Å². The van der Waals surface area contributed by atoms with Crippen LogP contribution >= 0.6 is 34.3 Å². The molecule has 0 radical (unpaired) electrons. The number of hydrogen-bond donors (Lipinski definition) is 0. The minimum atomic E-state index is -3.77. The summed E-state index contributed by atoms with van der Waals surface area (Å²) in [7, 11) is -0.0539. The highest BCUT2D eigenvalue weighted by atomic mass is 35.5. The summed E-state index contributed by atoms with van der Waals surface area (Å²) in [5.41, 5.74) is 0.00600. The quantitative estimate of drug-likeness (QED) is 0.440. The minimum absolute atomic E-state index is 0.00600. The van der Waals surface area contributed by atoms with Crippen LogP contribution in [0.3, 0.4) is 0 Å². The number of carbonyl (C=O) groups excluding carboxylic acids is 1. The second-order valence-corrected chi connectivity index (χ2v) is 13.2. The predicted octanol–water partition coefficient (Wildman–Crippen LogP) is 4.28. The molecule has 1 aromatic carbocycles. The molecule has 2 aromatic heterocycles. The molecule has 1 saturated heterocycles. The lowest BCUT2D eigenvalue weighted by molar-refractivity contribution is -0.123. The van der Waals surface area contributed by atoms with Crippen molar-refractivity contribution in [1.82, 2.24) is 14.2 Å². The number of carbonyl (C=O) groups is 1. The largest absolute Gasteiger partial charge is 0.308 e. The number of hydrogen-bond acceptors (Lipinski definition) is 7. The van der Waals surface area contributed by atoms with Gasteiger partial charge in [-0.1, -0.05) is 22.9 Å². The number of piperidine rings is 1. The van der Waals surface area contributed by atoms with Crippen LogP contribution in [0.15, 0.2) is 28.5 Å². The number of fused-ring (bicyclic) bond motifs is 1. The zero-order chi connectivity index (χ0) is 24.6. The summed E-state index contributed by atoms with van der Waals surface area (Å²) in [6, 6.07) is 4.95. The number of aromatic nitrogens is 1. The van der Waals surface area contributed by atoms with E-state index < -0.39 is 27.6 Å². The fourth-order valence-corrected chi connectivity index (χ4v) is 8.00. The van der Waals surface area contributed by atoms with Gasteiger partial charge in [0.2, 0.25) is 5.91 Å². The number of sulfonamides is 1. The fraction of sp³-hybridized carbons (Fsp3) is 0.429. The van der Waals surface area contributed by atoms with Crippen LogP contribution in [0.4, 0.5) is 13.9 Å². The lowest BCUT2D eigenvalue weighted by Gasteiger charge is -2.33. The maximum Gasteiger partial charge on any atom is 0.252 e. The standard InChI is InChI=1S/C21H23ClF2N4O3S3/c1-26(2)8-9-28(21-25-19-15(24)10-14(23)11-16(19)32-21)20(29)13-4-3-7-27(12-13)34(30,31)18-6-5-17(22)33-18/h5-6,10-11,13H,3-4,7-9,12H2,1-2H3. The number of thiophene rings is 1. The third kappa shape index (κ3) is 5.26. The maximum atomic E-state index is 14.2. The van der Waals surface area contributed by atoms with E-state index in [4.69, 9.17) is 11.6 Å². The van der Waals surface area contributed by atoms with Crippen LogP contribution in [-0.2, 0) is 14.8 Å².